The number of alkyl halides is 2. The number of sulfone groups is 1. The minimum Gasteiger partial charge on any atom is -0.435 e. The molecule has 1 saturated carbocycles. The number of nitrogens with two attached hydrogens (primary N) is 1. The Hall–Kier alpha value is -2.69. The Labute approximate surface area is 196 Å². The van der Waals surface area contributed by atoms with E-state index >= 15 is 0 Å². The maximum absolute atomic E-state index is 14.5. The van der Waals surface area contributed by atoms with Gasteiger partial charge in [0.15, 0.2) is 9.84 Å². The molecule has 11 heteroatoms. The van der Waals surface area contributed by atoms with Gasteiger partial charge >= 0.3 is 12.5 Å². The van der Waals surface area contributed by atoms with Crippen LogP contribution in [0.25, 0.3) is 5.70 Å². The van der Waals surface area contributed by atoms with Gasteiger partial charge < -0.3 is 10.5 Å². The first-order chi connectivity index (χ1) is 15.9. The highest BCUT2D eigenvalue weighted by Crippen LogP contribution is 2.38. The van der Waals surface area contributed by atoms with Gasteiger partial charge in [-0.15, -0.1) is 4.58 Å². The van der Waals surface area contributed by atoms with Crippen LogP contribution < -0.4 is 10.5 Å². The Bertz CT molecular complexity index is 1220. The third-order valence-corrected chi connectivity index (χ3v) is 8.17. The SMILES string of the molecule is CC(C)N=C1C[C@H](C(=O)[N+]2=C[C@@]23CCS(=O)(=O)C3)CC/C1=C(/N)c1cc(OC(F)F)ccc1F. The summed E-state index contributed by atoms with van der Waals surface area (Å²) in [5, 5.41) is 0. The van der Waals surface area contributed by atoms with Crippen molar-refractivity contribution in [1.82, 2.24) is 0 Å². The van der Waals surface area contributed by atoms with Gasteiger partial charge in [0, 0.05) is 35.9 Å². The summed E-state index contributed by atoms with van der Waals surface area (Å²) < 4.78 is 69.4. The molecule has 7 nitrogen and oxygen atoms in total. The summed E-state index contributed by atoms with van der Waals surface area (Å²) in [4.78, 5) is 17.8. The van der Waals surface area contributed by atoms with Crippen molar-refractivity contribution in [3.8, 4) is 5.75 Å². The number of hydrogen-bond acceptors (Lipinski definition) is 6. The summed E-state index contributed by atoms with van der Waals surface area (Å²) in [7, 11) is -3.15. The average molecular weight is 499 g/mol. The maximum Gasteiger partial charge on any atom is 0.391 e. The third kappa shape index (κ3) is 4.89. The van der Waals surface area contributed by atoms with E-state index in [1.165, 1.54) is 4.58 Å². The van der Waals surface area contributed by atoms with Crippen LogP contribution in [0.4, 0.5) is 13.2 Å². The number of amides is 1. The first kappa shape index (κ1) is 24.4. The molecule has 0 radical (unpaired) electrons. The van der Waals surface area contributed by atoms with Crippen molar-refractivity contribution >= 4 is 33.4 Å². The molecule has 0 bridgehead atoms. The summed E-state index contributed by atoms with van der Waals surface area (Å²) >= 11 is 0. The Morgan fingerprint density at radius 2 is 2.06 bits per heavy atom. The molecule has 34 heavy (non-hydrogen) atoms. The van der Waals surface area contributed by atoms with E-state index in [1.807, 2.05) is 13.8 Å². The first-order valence-electron chi connectivity index (χ1n) is 11.1. The molecule has 1 aromatic carbocycles. The van der Waals surface area contributed by atoms with Gasteiger partial charge in [0.05, 0.1) is 11.7 Å². The number of carbonyl (C=O) groups excluding carboxylic acids is 1. The second kappa shape index (κ2) is 8.83. The molecule has 2 heterocycles. The average Bonchev–Trinajstić information content (AvgIpc) is 3.35. The van der Waals surface area contributed by atoms with Crippen molar-refractivity contribution < 1.29 is 35.7 Å². The number of rotatable bonds is 5. The fourth-order valence-corrected chi connectivity index (χ4v) is 6.68. The van der Waals surface area contributed by atoms with Gasteiger partial charge in [0.1, 0.15) is 17.3 Å². The Balaban J connectivity index is 1.59. The highest BCUT2D eigenvalue weighted by Gasteiger charge is 2.66. The molecular weight excluding hydrogens is 471 g/mol. The fraction of sp³-hybridized carbons (Fsp3) is 0.522. The minimum atomic E-state index is -3.15. The molecule has 1 spiro atoms. The van der Waals surface area contributed by atoms with Gasteiger partial charge in [0.2, 0.25) is 6.21 Å². The molecule has 184 valence electrons. The van der Waals surface area contributed by atoms with E-state index in [-0.39, 0.29) is 46.9 Å². The summed E-state index contributed by atoms with van der Waals surface area (Å²) in [5.74, 6) is -1.43. The monoisotopic (exact) mass is 498 g/mol. The van der Waals surface area contributed by atoms with Crippen molar-refractivity contribution in [2.75, 3.05) is 11.5 Å². The molecular formula is C23H27F3N3O4S+. The van der Waals surface area contributed by atoms with Crippen molar-refractivity contribution in [3.63, 3.8) is 0 Å². The molecule has 1 amide bonds. The van der Waals surface area contributed by atoms with Crippen LogP contribution in [0.3, 0.4) is 0 Å². The summed E-state index contributed by atoms with van der Waals surface area (Å²) in [6.45, 7) is 0.667. The molecule has 1 saturated heterocycles. The fourth-order valence-electron chi connectivity index (χ4n) is 4.75. The molecule has 0 aromatic heterocycles. The van der Waals surface area contributed by atoms with Crippen LogP contribution in [-0.2, 0) is 14.6 Å². The van der Waals surface area contributed by atoms with Gasteiger partial charge in [-0.1, -0.05) is 0 Å². The van der Waals surface area contributed by atoms with Crippen molar-refractivity contribution in [3.05, 3.63) is 35.2 Å². The predicted molar refractivity (Wildman–Crippen MR) is 121 cm³/mol. The maximum atomic E-state index is 14.5. The third-order valence-electron chi connectivity index (χ3n) is 6.41. The van der Waals surface area contributed by atoms with Crippen LogP contribution in [0.5, 0.6) is 5.75 Å². The lowest BCUT2D eigenvalue weighted by Crippen LogP contribution is -2.35. The quantitative estimate of drug-likeness (QED) is 0.629. The van der Waals surface area contributed by atoms with Gasteiger partial charge in [0.25, 0.3) is 5.54 Å². The van der Waals surface area contributed by atoms with Crippen LogP contribution in [-0.4, -0.2) is 60.5 Å². The Morgan fingerprint density at radius 3 is 2.68 bits per heavy atom. The second-order valence-electron chi connectivity index (χ2n) is 9.30. The normalized spacial score (nSPS) is 28.5. The van der Waals surface area contributed by atoms with E-state index in [0.717, 1.165) is 18.2 Å². The highest BCUT2D eigenvalue weighted by atomic mass is 32.2. The zero-order chi connectivity index (χ0) is 24.8. The molecule has 2 N–H and O–H groups in total. The number of ether oxygens (including phenoxy) is 1. The van der Waals surface area contributed by atoms with Gasteiger partial charge in [-0.05, 0) is 50.5 Å². The number of hydrogen-bond donors (Lipinski definition) is 1. The van der Waals surface area contributed by atoms with E-state index in [9.17, 15) is 26.4 Å². The lowest BCUT2D eigenvalue weighted by molar-refractivity contribution is -0.427. The Morgan fingerprint density at radius 1 is 1.32 bits per heavy atom. The lowest BCUT2D eigenvalue weighted by Gasteiger charge is -2.25. The van der Waals surface area contributed by atoms with Crippen molar-refractivity contribution in [2.24, 2.45) is 16.6 Å². The molecule has 4 rings (SSSR count). The number of benzene rings is 1. The molecule has 1 aromatic rings. The van der Waals surface area contributed by atoms with Gasteiger partial charge in [-0.3, -0.25) is 4.99 Å². The summed E-state index contributed by atoms with van der Waals surface area (Å²) in [6, 6.07) is 3.12. The van der Waals surface area contributed by atoms with Crippen LogP contribution in [0.1, 0.15) is 45.1 Å². The smallest absolute Gasteiger partial charge is 0.391 e. The lowest BCUT2D eigenvalue weighted by atomic mass is 9.81. The molecule has 1 aliphatic carbocycles. The van der Waals surface area contributed by atoms with Gasteiger partial charge in [-0.25, -0.2) is 17.6 Å². The standard InChI is InChI=1S/C23H27F3N3O4S/c1-13(2)28-19-9-14(21(30)29-11-23(29)7-8-34(31,32)12-23)3-5-16(19)20(27)17-10-15(33-22(25)26)4-6-18(17)24/h4,6,10-11,13-14,22H,3,5,7-9,12,27H2,1-2H3/q+1/b20-16-,28-19?/t14-,23-/m1/s1. The number of allylic oxidation sites excluding steroid dienone is 1. The summed E-state index contributed by atoms with van der Waals surface area (Å²) in [6.07, 6.45) is 3.15. The molecule has 2 fully saturated rings. The first-order valence-corrected chi connectivity index (χ1v) is 12.9. The summed E-state index contributed by atoms with van der Waals surface area (Å²) in [5.41, 5.74) is 6.75. The molecule has 2 atom stereocenters. The number of halogens is 3. The van der Waals surface area contributed by atoms with E-state index in [4.69, 9.17) is 5.73 Å². The van der Waals surface area contributed by atoms with Crippen molar-refractivity contribution in [2.45, 2.75) is 57.7 Å². The molecule has 0 unspecified atom stereocenters. The largest absolute Gasteiger partial charge is 0.435 e. The zero-order valence-corrected chi connectivity index (χ0v) is 19.7. The number of nitrogens with zero attached hydrogens (tertiary/aromatic N) is 2. The van der Waals surface area contributed by atoms with E-state index < -0.39 is 33.7 Å². The zero-order valence-electron chi connectivity index (χ0n) is 18.9. The van der Waals surface area contributed by atoms with Crippen LogP contribution in [0, 0.1) is 11.7 Å². The van der Waals surface area contributed by atoms with E-state index in [2.05, 4.69) is 9.73 Å². The number of carbonyl (C=O) groups is 1. The van der Waals surface area contributed by atoms with Crippen LogP contribution >= 0.6 is 0 Å². The predicted octanol–water partition coefficient (Wildman–Crippen LogP) is 2.93. The molecule has 2 aliphatic heterocycles. The second-order valence-corrected chi connectivity index (χ2v) is 11.5. The minimum absolute atomic E-state index is 0.0419. The number of aliphatic imine (C=N–C) groups is 1. The Kier molecular flexibility index (Phi) is 6.34. The van der Waals surface area contributed by atoms with E-state index in [0.29, 0.717) is 30.5 Å². The van der Waals surface area contributed by atoms with Crippen LogP contribution in [0.2, 0.25) is 0 Å². The highest BCUT2D eigenvalue weighted by molar-refractivity contribution is 7.91. The molecule has 3 aliphatic rings. The van der Waals surface area contributed by atoms with Crippen molar-refractivity contribution in [1.29, 1.82) is 0 Å². The van der Waals surface area contributed by atoms with E-state index in [1.54, 1.807) is 6.21 Å². The van der Waals surface area contributed by atoms with Crippen LogP contribution in [0.15, 0.2) is 28.8 Å². The topological polar surface area (TPSA) is 102 Å². The van der Waals surface area contributed by atoms with Gasteiger partial charge in [-0.2, -0.15) is 8.78 Å².